The van der Waals surface area contributed by atoms with E-state index in [-0.39, 0.29) is 35.4 Å². The third-order valence-electron chi connectivity index (χ3n) is 3.64. The molecular formula is C20H20Cl2N2O9. The van der Waals surface area contributed by atoms with Crippen LogP contribution in [0.3, 0.4) is 0 Å². The Morgan fingerprint density at radius 1 is 1.00 bits per heavy atom. The maximum atomic E-state index is 12.4. The smallest absolute Gasteiger partial charge is 0.347 e. The van der Waals surface area contributed by atoms with Gasteiger partial charge in [0.25, 0.3) is 5.69 Å². The quantitative estimate of drug-likeness (QED) is 0.0577. The number of hydrogen-bond donors (Lipinski definition) is 1. The van der Waals surface area contributed by atoms with E-state index in [0.29, 0.717) is 0 Å². The van der Waals surface area contributed by atoms with Crippen molar-refractivity contribution in [1.82, 2.24) is 0 Å². The van der Waals surface area contributed by atoms with Gasteiger partial charge in [-0.15, -0.1) is 0 Å². The molecule has 1 N–H and O–H groups in total. The molecule has 11 nitrogen and oxygen atoms in total. The van der Waals surface area contributed by atoms with Crippen molar-refractivity contribution in [1.29, 1.82) is 0 Å². The Bertz CT molecular complexity index is 1010. The summed E-state index contributed by atoms with van der Waals surface area (Å²) in [4.78, 5) is 50.4. The molecule has 13 heteroatoms. The molecule has 0 amide bonds. The Morgan fingerprint density at radius 2 is 1.52 bits per heavy atom. The predicted molar refractivity (Wildman–Crippen MR) is 119 cm³/mol. The lowest BCUT2D eigenvalue weighted by molar-refractivity contribution is -0.384. The number of aliphatic hydroxyl groups excluding tert-OH is 1. The number of ether oxygens (including phenoxy) is 3. The van der Waals surface area contributed by atoms with Crippen molar-refractivity contribution in [2.24, 2.45) is 4.99 Å². The molecule has 0 spiro atoms. The minimum Gasteiger partial charge on any atom is -0.506 e. The van der Waals surface area contributed by atoms with Gasteiger partial charge in [-0.25, -0.2) is 14.4 Å². The summed E-state index contributed by atoms with van der Waals surface area (Å²) in [5.74, 6) is -3.91. The summed E-state index contributed by atoms with van der Waals surface area (Å²) >= 11 is 11.8. The second-order valence-corrected chi connectivity index (χ2v) is 6.60. The van der Waals surface area contributed by atoms with Crippen molar-refractivity contribution in [3.8, 4) is 0 Å². The maximum Gasteiger partial charge on any atom is 0.347 e. The molecule has 0 bridgehead atoms. The molecule has 33 heavy (non-hydrogen) atoms. The fourth-order valence-electron chi connectivity index (χ4n) is 2.22. The standard InChI is InChI=1S/C20H20Cl2N2O9/c1-4-31-18(26)12(9-23-10-13(19(27)32-5-2)20(28)33-6-3)17(25)11-7-16(24(29)30)15(22)8-14(11)21/h7-10,25H,4-6H2,1-3H3/b17-12-,23-9?. The van der Waals surface area contributed by atoms with Gasteiger partial charge in [0.2, 0.25) is 0 Å². The second kappa shape index (κ2) is 13.2. The number of rotatable bonds is 10. The van der Waals surface area contributed by atoms with Crippen LogP contribution in [0.2, 0.25) is 10.0 Å². The van der Waals surface area contributed by atoms with Gasteiger partial charge in [0.05, 0.1) is 29.8 Å². The summed E-state index contributed by atoms with van der Waals surface area (Å²) in [6, 6.07) is 1.89. The van der Waals surface area contributed by atoms with Gasteiger partial charge in [-0.3, -0.25) is 15.1 Å². The Morgan fingerprint density at radius 3 is 2.00 bits per heavy atom. The lowest BCUT2D eigenvalue weighted by Crippen LogP contribution is -2.18. The number of aliphatic hydroxyl groups is 1. The van der Waals surface area contributed by atoms with Crippen LogP contribution in [0.5, 0.6) is 0 Å². The van der Waals surface area contributed by atoms with E-state index in [0.717, 1.165) is 24.5 Å². The number of nitrogens with zero attached hydrogens (tertiary/aromatic N) is 2. The van der Waals surface area contributed by atoms with Crippen molar-refractivity contribution >= 4 is 58.8 Å². The fraction of sp³-hybridized carbons (Fsp3) is 0.300. The van der Waals surface area contributed by atoms with Crippen LogP contribution in [-0.4, -0.2) is 54.0 Å². The van der Waals surface area contributed by atoms with Gasteiger partial charge in [0.15, 0.2) is 5.57 Å². The number of carbonyl (C=O) groups is 3. The zero-order valence-corrected chi connectivity index (χ0v) is 19.3. The van der Waals surface area contributed by atoms with Crippen molar-refractivity contribution in [3.05, 3.63) is 55.2 Å². The van der Waals surface area contributed by atoms with Gasteiger partial charge in [-0.05, 0) is 26.8 Å². The molecule has 1 aromatic carbocycles. The van der Waals surface area contributed by atoms with Crippen LogP contribution in [0.4, 0.5) is 5.69 Å². The van der Waals surface area contributed by atoms with Gasteiger partial charge in [-0.2, -0.15) is 0 Å². The molecule has 0 aliphatic carbocycles. The molecule has 0 aromatic heterocycles. The van der Waals surface area contributed by atoms with Crippen molar-refractivity contribution in [2.75, 3.05) is 19.8 Å². The first-order valence-corrected chi connectivity index (χ1v) is 10.2. The van der Waals surface area contributed by atoms with Gasteiger partial charge < -0.3 is 19.3 Å². The minimum atomic E-state index is -1.06. The monoisotopic (exact) mass is 502 g/mol. The molecule has 178 valence electrons. The molecule has 0 saturated carbocycles. The van der Waals surface area contributed by atoms with E-state index < -0.39 is 45.4 Å². The predicted octanol–water partition coefficient (Wildman–Crippen LogP) is 3.81. The first-order chi connectivity index (χ1) is 15.6. The number of nitro benzene ring substituents is 1. The van der Waals surface area contributed by atoms with Crippen LogP contribution >= 0.6 is 23.2 Å². The first kappa shape index (κ1) is 27.6. The van der Waals surface area contributed by atoms with Crippen molar-refractivity contribution in [3.63, 3.8) is 0 Å². The van der Waals surface area contributed by atoms with Crippen LogP contribution in [0.15, 0.2) is 34.5 Å². The second-order valence-electron chi connectivity index (χ2n) is 5.79. The third kappa shape index (κ3) is 7.58. The highest BCUT2D eigenvalue weighted by Crippen LogP contribution is 2.34. The fourth-order valence-corrected chi connectivity index (χ4v) is 2.76. The summed E-state index contributed by atoms with van der Waals surface area (Å²) < 4.78 is 14.4. The highest BCUT2D eigenvalue weighted by molar-refractivity contribution is 6.37. The van der Waals surface area contributed by atoms with Gasteiger partial charge in [-0.1, -0.05) is 23.2 Å². The van der Waals surface area contributed by atoms with E-state index in [1.165, 1.54) is 20.8 Å². The highest BCUT2D eigenvalue weighted by atomic mass is 35.5. The molecule has 0 fully saturated rings. The van der Waals surface area contributed by atoms with Gasteiger partial charge in [0.1, 0.15) is 16.4 Å². The molecule has 0 aliphatic rings. The number of hydrogen-bond acceptors (Lipinski definition) is 10. The minimum absolute atomic E-state index is 0.0259. The molecule has 0 heterocycles. The summed E-state index contributed by atoms with van der Waals surface area (Å²) in [5.41, 5.74) is -2.02. The summed E-state index contributed by atoms with van der Waals surface area (Å²) in [6.45, 7) is 4.43. The number of benzene rings is 1. The topological polar surface area (TPSA) is 155 Å². The zero-order valence-electron chi connectivity index (χ0n) is 17.8. The number of halogens is 2. The Kier molecular flexibility index (Phi) is 11.0. The molecule has 0 radical (unpaired) electrons. The van der Waals surface area contributed by atoms with E-state index in [4.69, 9.17) is 37.4 Å². The normalized spacial score (nSPS) is 11.4. The maximum absolute atomic E-state index is 12.4. The number of esters is 3. The van der Waals surface area contributed by atoms with E-state index >= 15 is 0 Å². The molecular weight excluding hydrogens is 483 g/mol. The molecule has 0 unspecified atom stereocenters. The third-order valence-corrected chi connectivity index (χ3v) is 4.25. The lowest BCUT2D eigenvalue weighted by atomic mass is 10.1. The Balaban J connectivity index is 3.61. The van der Waals surface area contributed by atoms with Crippen molar-refractivity contribution in [2.45, 2.75) is 20.8 Å². The summed E-state index contributed by atoms with van der Waals surface area (Å²) in [6.07, 6.45) is 1.55. The summed E-state index contributed by atoms with van der Waals surface area (Å²) in [5, 5.41) is 21.3. The molecule has 1 rings (SSSR count). The van der Waals surface area contributed by atoms with Crippen LogP contribution in [0, 0.1) is 10.1 Å². The zero-order chi connectivity index (χ0) is 25.1. The van der Waals surface area contributed by atoms with Crippen LogP contribution in [-0.2, 0) is 28.6 Å². The summed E-state index contributed by atoms with van der Waals surface area (Å²) in [7, 11) is 0. The van der Waals surface area contributed by atoms with E-state index in [9.17, 15) is 29.6 Å². The van der Waals surface area contributed by atoms with Crippen LogP contribution in [0.1, 0.15) is 26.3 Å². The average molecular weight is 503 g/mol. The van der Waals surface area contributed by atoms with E-state index in [2.05, 4.69) is 4.99 Å². The molecule has 1 aromatic rings. The number of carbonyl (C=O) groups excluding carboxylic acids is 3. The largest absolute Gasteiger partial charge is 0.506 e. The van der Waals surface area contributed by atoms with Crippen LogP contribution < -0.4 is 0 Å². The molecule has 0 atom stereocenters. The van der Waals surface area contributed by atoms with Gasteiger partial charge in [0, 0.05) is 24.0 Å². The molecule has 0 aliphatic heterocycles. The SMILES string of the molecule is CCOC(=O)C(=CN=C/C(C(=O)OCC)=C(/O)c1cc([N+](=O)[O-])c(Cl)cc1Cl)C(=O)OCC. The van der Waals surface area contributed by atoms with Crippen LogP contribution in [0.25, 0.3) is 5.76 Å². The first-order valence-electron chi connectivity index (χ1n) is 9.40. The van der Waals surface area contributed by atoms with E-state index in [1.54, 1.807) is 0 Å². The van der Waals surface area contributed by atoms with E-state index in [1.807, 2.05) is 0 Å². The lowest BCUT2D eigenvalue weighted by Gasteiger charge is -2.09. The number of nitro groups is 1. The highest BCUT2D eigenvalue weighted by Gasteiger charge is 2.24. The van der Waals surface area contributed by atoms with Gasteiger partial charge >= 0.3 is 17.9 Å². The Hall–Kier alpha value is -3.44. The number of aliphatic imine (C=N–C) groups is 1. The van der Waals surface area contributed by atoms with Crippen molar-refractivity contribution < 1.29 is 38.6 Å². The average Bonchev–Trinajstić information content (AvgIpc) is 2.73. The Labute approximate surface area is 198 Å². The molecule has 0 saturated heterocycles.